The lowest BCUT2D eigenvalue weighted by atomic mass is 9.96. The van der Waals surface area contributed by atoms with Crippen LogP contribution in [0, 0.1) is 10.1 Å². The van der Waals surface area contributed by atoms with Crippen LogP contribution in [-0.2, 0) is 22.4 Å². The molecule has 1 aliphatic carbocycles. The average Bonchev–Trinajstić information content (AvgIpc) is 3.06. The molecule has 8 heteroatoms. The fourth-order valence-corrected chi connectivity index (χ4v) is 4.03. The average molecular weight is 374 g/mol. The molecular weight excluding hydrogens is 356 g/mol. The maximum Gasteiger partial charge on any atom is 0.340 e. The summed E-state index contributed by atoms with van der Waals surface area (Å²) in [6.07, 6.45) is 2.91. The van der Waals surface area contributed by atoms with Crippen molar-refractivity contribution in [3.05, 3.63) is 55.8 Å². The van der Waals surface area contributed by atoms with Gasteiger partial charge in [-0.25, -0.2) is 4.79 Å². The summed E-state index contributed by atoms with van der Waals surface area (Å²) in [7, 11) is 0. The first-order valence-electron chi connectivity index (χ1n) is 8.32. The van der Waals surface area contributed by atoms with Gasteiger partial charge in [-0.1, -0.05) is 12.1 Å². The van der Waals surface area contributed by atoms with E-state index in [0.29, 0.717) is 5.56 Å². The highest BCUT2D eigenvalue weighted by molar-refractivity contribution is 7.10. The molecule has 0 saturated heterocycles. The van der Waals surface area contributed by atoms with Gasteiger partial charge in [-0.3, -0.25) is 14.9 Å². The van der Waals surface area contributed by atoms with Gasteiger partial charge in [0.2, 0.25) is 0 Å². The lowest BCUT2D eigenvalue weighted by Crippen LogP contribution is -2.30. The van der Waals surface area contributed by atoms with Crippen molar-refractivity contribution < 1.29 is 19.2 Å². The fraction of sp³-hybridized carbons (Fsp3) is 0.333. The minimum Gasteiger partial charge on any atom is -0.449 e. The molecule has 0 unspecified atom stereocenters. The molecule has 1 N–H and O–H groups in total. The molecule has 7 nitrogen and oxygen atoms in total. The number of hydrogen-bond acceptors (Lipinski definition) is 6. The molecule has 1 aliphatic rings. The van der Waals surface area contributed by atoms with Gasteiger partial charge in [0.05, 0.1) is 10.5 Å². The Kier molecular flexibility index (Phi) is 5.32. The molecule has 136 valence electrons. The van der Waals surface area contributed by atoms with Gasteiger partial charge < -0.3 is 10.1 Å². The summed E-state index contributed by atoms with van der Waals surface area (Å²) >= 11 is 1.55. The van der Waals surface area contributed by atoms with Crippen LogP contribution >= 0.6 is 11.3 Å². The second-order valence-corrected chi connectivity index (χ2v) is 7.03. The first kappa shape index (κ1) is 18.1. The van der Waals surface area contributed by atoms with Crippen molar-refractivity contribution in [2.45, 2.75) is 38.7 Å². The van der Waals surface area contributed by atoms with Crippen LogP contribution in [0.25, 0.3) is 0 Å². The molecule has 26 heavy (non-hydrogen) atoms. The largest absolute Gasteiger partial charge is 0.449 e. The first-order valence-corrected chi connectivity index (χ1v) is 9.20. The summed E-state index contributed by atoms with van der Waals surface area (Å²) in [5, 5.41) is 15.2. The third-order valence-electron chi connectivity index (χ3n) is 4.29. The Hall–Kier alpha value is -2.74. The summed E-state index contributed by atoms with van der Waals surface area (Å²) < 4.78 is 5.28. The Morgan fingerprint density at radius 2 is 2.00 bits per heavy atom. The summed E-state index contributed by atoms with van der Waals surface area (Å²) in [6.45, 7) is 1.45. The molecule has 0 radical (unpaired) electrons. The number of fused-ring (bicyclic) bond motifs is 1. The molecule has 1 atom stereocenters. The smallest absolute Gasteiger partial charge is 0.340 e. The zero-order valence-corrected chi connectivity index (χ0v) is 15.0. The quantitative estimate of drug-likeness (QED) is 0.488. The third kappa shape index (κ3) is 3.75. The Balaban J connectivity index is 1.67. The molecule has 1 amide bonds. The van der Waals surface area contributed by atoms with E-state index in [1.807, 2.05) is 0 Å². The number of nitrogens with one attached hydrogen (secondary N) is 1. The number of amides is 1. The monoisotopic (exact) mass is 374 g/mol. The number of rotatable bonds is 5. The van der Waals surface area contributed by atoms with Crippen molar-refractivity contribution in [3.8, 4) is 0 Å². The number of hydrogen-bond donors (Lipinski definition) is 1. The van der Waals surface area contributed by atoms with Gasteiger partial charge in [-0.05, 0) is 44.2 Å². The minimum absolute atomic E-state index is 0.0679. The fourth-order valence-electron chi connectivity index (χ4n) is 2.92. The van der Waals surface area contributed by atoms with Crippen LogP contribution in [0.2, 0.25) is 0 Å². The van der Waals surface area contributed by atoms with Gasteiger partial charge in [0.1, 0.15) is 5.69 Å². The van der Waals surface area contributed by atoms with Gasteiger partial charge >= 0.3 is 5.97 Å². The van der Waals surface area contributed by atoms with Crippen molar-refractivity contribution in [3.63, 3.8) is 0 Å². The van der Waals surface area contributed by atoms with Crippen LogP contribution < -0.4 is 5.32 Å². The van der Waals surface area contributed by atoms with Crippen molar-refractivity contribution >= 4 is 34.6 Å². The van der Waals surface area contributed by atoms with E-state index in [0.717, 1.165) is 31.2 Å². The van der Waals surface area contributed by atoms with Gasteiger partial charge in [0, 0.05) is 16.3 Å². The van der Waals surface area contributed by atoms with Crippen LogP contribution in [0.15, 0.2) is 29.6 Å². The van der Waals surface area contributed by atoms with E-state index in [1.54, 1.807) is 22.8 Å². The van der Waals surface area contributed by atoms with Crippen molar-refractivity contribution in [2.24, 2.45) is 0 Å². The zero-order chi connectivity index (χ0) is 18.7. The Bertz CT molecular complexity index is 861. The molecule has 2 aromatic rings. The molecule has 0 fully saturated rings. The number of benzene rings is 1. The van der Waals surface area contributed by atoms with Crippen molar-refractivity contribution in [1.82, 2.24) is 0 Å². The topological polar surface area (TPSA) is 98.5 Å². The van der Waals surface area contributed by atoms with Crippen molar-refractivity contribution in [1.29, 1.82) is 0 Å². The Labute approximate surface area is 154 Å². The second kappa shape index (κ2) is 7.65. The maximum absolute atomic E-state index is 12.4. The highest BCUT2D eigenvalue weighted by Crippen LogP contribution is 2.31. The predicted molar refractivity (Wildman–Crippen MR) is 97.6 cm³/mol. The molecular formula is C18H18N2O5S. The molecule has 3 rings (SSSR count). The number of thiophene rings is 1. The van der Waals surface area contributed by atoms with Gasteiger partial charge in [0.25, 0.3) is 11.6 Å². The summed E-state index contributed by atoms with van der Waals surface area (Å²) in [5.74, 6) is -1.15. The second-order valence-electron chi connectivity index (χ2n) is 6.07. The molecule has 0 spiro atoms. The van der Waals surface area contributed by atoms with Crippen LogP contribution in [-0.4, -0.2) is 22.9 Å². The molecule has 0 saturated carbocycles. The van der Waals surface area contributed by atoms with Crippen LogP contribution in [0.5, 0.6) is 0 Å². The molecule has 1 aromatic heterocycles. The summed E-state index contributed by atoms with van der Waals surface area (Å²) in [5.41, 5.74) is 1.40. The predicted octanol–water partition coefficient (Wildman–Crippen LogP) is 3.72. The zero-order valence-electron chi connectivity index (χ0n) is 14.2. The van der Waals surface area contributed by atoms with Crippen LogP contribution in [0.3, 0.4) is 0 Å². The maximum atomic E-state index is 12.4. The summed E-state index contributed by atoms with van der Waals surface area (Å²) in [6, 6.07) is 5.82. The minimum atomic E-state index is -1.07. The van der Waals surface area contributed by atoms with Gasteiger partial charge in [-0.15, -0.1) is 11.3 Å². The number of nitro groups is 1. The van der Waals surface area contributed by atoms with Crippen LogP contribution in [0.4, 0.5) is 11.4 Å². The van der Waals surface area contributed by atoms with E-state index in [4.69, 9.17) is 4.74 Å². The normalized spacial score (nSPS) is 14.2. The first-order chi connectivity index (χ1) is 12.5. The van der Waals surface area contributed by atoms with E-state index < -0.39 is 22.9 Å². The highest BCUT2D eigenvalue weighted by Gasteiger charge is 2.25. The lowest BCUT2D eigenvalue weighted by molar-refractivity contribution is -0.383. The number of carbonyl (C=O) groups is 2. The number of nitro benzene ring substituents is 1. The molecule has 0 aliphatic heterocycles. The number of para-hydroxylation sites is 2. The number of nitrogens with zero attached hydrogens (tertiary/aromatic N) is 1. The molecule has 1 aromatic carbocycles. The Morgan fingerprint density at radius 3 is 2.77 bits per heavy atom. The summed E-state index contributed by atoms with van der Waals surface area (Å²) in [4.78, 5) is 36.3. The molecule has 0 bridgehead atoms. The van der Waals surface area contributed by atoms with E-state index in [2.05, 4.69) is 5.32 Å². The van der Waals surface area contributed by atoms with E-state index in [-0.39, 0.29) is 11.4 Å². The number of ether oxygens (including phenoxy) is 1. The third-order valence-corrected chi connectivity index (χ3v) is 5.38. The van der Waals surface area contributed by atoms with E-state index in [1.165, 1.54) is 30.0 Å². The molecule has 1 heterocycles. The van der Waals surface area contributed by atoms with Crippen molar-refractivity contribution in [2.75, 3.05) is 5.32 Å². The standard InChI is InChI=1S/C18H18N2O5S/c1-11(17(21)19-14-7-3-4-8-15(14)20(23)24)25-18(22)13-10-26-16-9-5-2-6-12(13)16/h3-4,7-8,10-11H,2,5-6,9H2,1H3,(H,19,21)/t11-/m0/s1. The van der Waals surface area contributed by atoms with E-state index >= 15 is 0 Å². The van der Waals surface area contributed by atoms with Gasteiger partial charge in [0.15, 0.2) is 6.10 Å². The lowest BCUT2D eigenvalue weighted by Gasteiger charge is -2.15. The SMILES string of the molecule is C[C@H](OC(=O)c1csc2c1CCCC2)C(=O)Nc1ccccc1[N+](=O)[O-]. The number of anilines is 1. The Morgan fingerprint density at radius 1 is 1.27 bits per heavy atom. The number of carbonyl (C=O) groups excluding carboxylic acids is 2. The number of esters is 1. The van der Waals surface area contributed by atoms with E-state index in [9.17, 15) is 19.7 Å². The van der Waals surface area contributed by atoms with Gasteiger partial charge in [-0.2, -0.15) is 0 Å². The number of aryl methyl sites for hydroxylation is 1. The van der Waals surface area contributed by atoms with Crippen LogP contribution in [0.1, 0.15) is 40.6 Å². The highest BCUT2D eigenvalue weighted by atomic mass is 32.1.